The van der Waals surface area contributed by atoms with E-state index < -0.39 is 0 Å². The van der Waals surface area contributed by atoms with Crippen LogP contribution in [-0.2, 0) is 20.5 Å². The fraction of sp³-hybridized carbons (Fsp3) is 0.462. The molecule has 0 aliphatic heterocycles. The lowest BCUT2D eigenvalue weighted by molar-refractivity contribution is -0.142. The highest BCUT2D eigenvalue weighted by Crippen LogP contribution is 2.01. The predicted molar refractivity (Wildman–Crippen MR) is 69.6 cm³/mol. The molecule has 0 bridgehead atoms. The quantitative estimate of drug-likeness (QED) is 0.443. The Labute approximate surface area is 105 Å². The van der Waals surface area contributed by atoms with Crippen molar-refractivity contribution in [1.29, 1.82) is 0 Å². The molecule has 3 nitrogen and oxygen atoms in total. The maximum Gasteiger partial charge on any atom is 0.310 e. The summed E-state index contributed by atoms with van der Waals surface area (Å²) in [4.78, 5) is 11.4. The van der Waals surface area contributed by atoms with E-state index in [2.05, 4.69) is 6.92 Å². The van der Waals surface area contributed by atoms with Gasteiger partial charge in [0.05, 0.1) is 13.0 Å². The lowest BCUT2D eigenvalue weighted by atomic mass is 10.2. The molecule has 0 unspecified atom stereocenters. The number of benzene rings is 1. The summed E-state index contributed by atoms with van der Waals surface area (Å²) in [5.41, 5.74) is 1.01. The molecule has 94 valence electrons. The number of rotatable bonds is 6. The SMILES string of the molecule is CCCCCOC(=O)Cc1ccccc1.O=P. The minimum Gasteiger partial charge on any atom is -0.465 e. The van der Waals surface area contributed by atoms with E-state index in [-0.39, 0.29) is 5.97 Å². The van der Waals surface area contributed by atoms with Crippen LogP contribution in [0.2, 0.25) is 0 Å². The minimum absolute atomic E-state index is 0.127. The Morgan fingerprint density at radius 3 is 2.41 bits per heavy atom. The van der Waals surface area contributed by atoms with Crippen LogP contribution < -0.4 is 0 Å². The van der Waals surface area contributed by atoms with Gasteiger partial charge in [-0.2, -0.15) is 0 Å². The molecule has 1 rings (SSSR count). The molecule has 0 atom stereocenters. The smallest absolute Gasteiger partial charge is 0.310 e. The molecule has 0 radical (unpaired) electrons. The van der Waals surface area contributed by atoms with Gasteiger partial charge >= 0.3 is 5.97 Å². The van der Waals surface area contributed by atoms with Crippen molar-refractivity contribution in [3.63, 3.8) is 0 Å². The summed E-state index contributed by atoms with van der Waals surface area (Å²) in [5, 5.41) is 0. The molecule has 17 heavy (non-hydrogen) atoms. The van der Waals surface area contributed by atoms with Gasteiger partial charge in [-0.1, -0.05) is 50.1 Å². The zero-order valence-electron chi connectivity index (χ0n) is 10.1. The lowest BCUT2D eigenvalue weighted by Crippen LogP contribution is -2.08. The second kappa shape index (κ2) is 11.3. The Bertz CT molecular complexity index is 301. The number of carbonyl (C=O) groups is 1. The van der Waals surface area contributed by atoms with Gasteiger partial charge in [0.2, 0.25) is 0 Å². The zero-order chi connectivity index (χ0) is 12.9. The first-order chi connectivity index (χ1) is 8.33. The first-order valence-electron chi connectivity index (χ1n) is 5.73. The fourth-order valence-corrected chi connectivity index (χ4v) is 1.35. The van der Waals surface area contributed by atoms with Gasteiger partial charge in [0, 0.05) is 0 Å². The van der Waals surface area contributed by atoms with Crippen LogP contribution in [0.5, 0.6) is 0 Å². The van der Waals surface area contributed by atoms with E-state index in [0.29, 0.717) is 13.0 Å². The lowest BCUT2D eigenvalue weighted by Gasteiger charge is -2.03. The first kappa shape index (κ1) is 15.8. The molecule has 0 saturated heterocycles. The van der Waals surface area contributed by atoms with Gasteiger partial charge in [-0.25, -0.2) is 0 Å². The molecule has 0 fully saturated rings. The van der Waals surface area contributed by atoms with Gasteiger partial charge in [0.1, 0.15) is 9.12 Å². The van der Waals surface area contributed by atoms with Crippen LogP contribution >= 0.6 is 9.12 Å². The summed E-state index contributed by atoms with van der Waals surface area (Å²) in [7, 11) is 1.72. The van der Waals surface area contributed by atoms with Crippen molar-refractivity contribution in [2.75, 3.05) is 6.61 Å². The summed E-state index contributed by atoms with van der Waals surface area (Å²) < 4.78 is 13.2. The second-order valence-corrected chi connectivity index (χ2v) is 3.59. The van der Waals surface area contributed by atoms with Gasteiger partial charge in [-0.3, -0.25) is 9.36 Å². The molecule has 1 aromatic carbocycles. The van der Waals surface area contributed by atoms with Gasteiger partial charge in [0.25, 0.3) is 0 Å². The summed E-state index contributed by atoms with van der Waals surface area (Å²) >= 11 is 0. The second-order valence-electron chi connectivity index (χ2n) is 3.59. The van der Waals surface area contributed by atoms with E-state index in [1.165, 1.54) is 0 Å². The van der Waals surface area contributed by atoms with E-state index >= 15 is 0 Å². The molecule has 0 spiro atoms. The first-order valence-corrected chi connectivity index (χ1v) is 6.13. The maximum atomic E-state index is 11.4. The van der Waals surface area contributed by atoms with Gasteiger partial charge in [0.15, 0.2) is 0 Å². The highest BCUT2D eigenvalue weighted by Gasteiger charge is 2.03. The van der Waals surface area contributed by atoms with Gasteiger partial charge in [-0.05, 0) is 12.0 Å². The average molecular weight is 254 g/mol. The van der Waals surface area contributed by atoms with Crippen LogP contribution in [0.3, 0.4) is 0 Å². The highest BCUT2D eigenvalue weighted by molar-refractivity contribution is 7.00. The van der Waals surface area contributed by atoms with E-state index in [1.807, 2.05) is 30.3 Å². The number of unbranched alkanes of at least 4 members (excludes halogenated alkanes) is 2. The molecule has 0 aliphatic carbocycles. The van der Waals surface area contributed by atoms with Crippen molar-refractivity contribution < 1.29 is 14.1 Å². The predicted octanol–water partition coefficient (Wildman–Crippen LogP) is 3.44. The molecule has 0 saturated carbocycles. The van der Waals surface area contributed by atoms with Gasteiger partial charge < -0.3 is 4.74 Å². The van der Waals surface area contributed by atoms with Crippen molar-refractivity contribution in [3.05, 3.63) is 35.9 Å². The van der Waals surface area contributed by atoms with E-state index in [4.69, 9.17) is 9.30 Å². The Balaban J connectivity index is 0.00000121. The Kier molecular flexibility index (Phi) is 10.5. The fourth-order valence-electron chi connectivity index (χ4n) is 1.35. The summed E-state index contributed by atoms with van der Waals surface area (Å²) in [6.07, 6.45) is 3.62. The largest absolute Gasteiger partial charge is 0.465 e. The number of esters is 1. The van der Waals surface area contributed by atoms with Crippen LogP contribution in [0.15, 0.2) is 30.3 Å². The minimum atomic E-state index is -0.127. The van der Waals surface area contributed by atoms with E-state index in [1.54, 1.807) is 9.12 Å². The summed E-state index contributed by atoms with van der Waals surface area (Å²) in [6, 6.07) is 9.68. The van der Waals surface area contributed by atoms with Crippen LogP contribution in [0.1, 0.15) is 31.7 Å². The standard InChI is InChI=1S/C13H18O2.HOP/c1-2-3-7-10-15-13(14)11-12-8-5-4-6-9-12;1-2/h4-6,8-9H,2-3,7,10-11H2,1H3;2H. The molecule has 4 heteroatoms. The number of hydrogen-bond donors (Lipinski definition) is 0. The normalized spacial score (nSPS) is 9.00. The van der Waals surface area contributed by atoms with Gasteiger partial charge in [-0.15, -0.1) is 0 Å². The maximum absolute atomic E-state index is 11.4. The van der Waals surface area contributed by atoms with Crippen LogP contribution in [0.4, 0.5) is 0 Å². The molecule has 0 amide bonds. The van der Waals surface area contributed by atoms with Crippen molar-refractivity contribution in [2.45, 2.75) is 32.6 Å². The summed E-state index contributed by atoms with van der Waals surface area (Å²) in [6.45, 7) is 2.69. The van der Waals surface area contributed by atoms with Crippen LogP contribution in [0, 0.1) is 0 Å². The molecule has 0 N–H and O–H groups in total. The highest BCUT2D eigenvalue weighted by atomic mass is 31.0. The third-order valence-corrected chi connectivity index (χ3v) is 2.20. The zero-order valence-corrected chi connectivity index (χ0v) is 11.1. The van der Waals surface area contributed by atoms with Crippen molar-refractivity contribution in [3.8, 4) is 0 Å². The van der Waals surface area contributed by atoms with E-state index in [9.17, 15) is 4.79 Å². The third-order valence-electron chi connectivity index (χ3n) is 2.20. The molecule has 1 aromatic rings. The Morgan fingerprint density at radius 2 is 1.82 bits per heavy atom. The molecular formula is C13H19O3P. The van der Waals surface area contributed by atoms with E-state index in [0.717, 1.165) is 24.8 Å². The third kappa shape index (κ3) is 8.58. The topological polar surface area (TPSA) is 43.4 Å². The Morgan fingerprint density at radius 1 is 1.18 bits per heavy atom. The van der Waals surface area contributed by atoms with Crippen molar-refractivity contribution >= 4 is 15.1 Å². The van der Waals surface area contributed by atoms with Crippen molar-refractivity contribution in [1.82, 2.24) is 0 Å². The van der Waals surface area contributed by atoms with Crippen LogP contribution in [0.25, 0.3) is 0 Å². The van der Waals surface area contributed by atoms with Crippen molar-refractivity contribution in [2.24, 2.45) is 0 Å². The number of hydrogen-bond acceptors (Lipinski definition) is 3. The molecule has 0 aromatic heterocycles. The average Bonchev–Trinajstić information content (AvgIpc) is 2.38. The van der Waals surface area contributed by atoms with Crippen LogP contribution in [-0.4, -0.2) is 12.6 Å². The number of ether oxygens (including phenoxy) is 1. The Hall–Kier alpha value is -1.21. The number of carbonyl (C=O) groups excluding carboxylic acids is 1. The summed E-state index contributed by atoms with van der Waals surface area (Å²) in [5.74, 6) is -0.127. The monoisotopic (exact) mass is 254 g/mol. The molecule has 0 aliphatic rings. The molecular weight excluding hydrogens is 235 g/mol. The molecule has 0 heterocycles.